The Labute approximate surface area is 116 Å². The van der Waals surface area contributed by atoms with E-state index in [1.807, 2.05) is 42.5 Å². The maximum atomic E-state index is 12.2. The van der Waals surface area contributed by atoms with Crippen molar-refractivity contribution in [3.63, 3.8) is 0 Å². The van der Waals surface area contributed by atoms with Gasteiger partial charge in [0, 0.05) is 11.1 Å². The van der Waals surface area contributed by atoms with Crippen LogP contribution in [0.15, 0.2) is 60.8 Å². The molecule has 0 radical (unpaired) electrons. The molecule has 4 nitrogen and oxygen atoms in total. The third-order valence-electron chi connectivity index (χ3n) is 3.06. The van der Waals surface area contributed by atoms with Crippen LogP contribution in [0.1, 0.15) is 10.5 Å². The molecule has 0 spiro atoms. The van der Waals surface area contributed by atoms with Gasteiger partial charge in [-0.15, -0.1) is 0 Å². The summed E-state index contributed by atoms with van der Waals surface area (Å²) < 4.78 is 0. The van der Waals surface area contributed by atoms with E-state index >= 15 is 0 Å². The first kappa shape index (κ1) is 12.2. The second kappa shape index (κ2) is 5.01. The van der Waals surface area contributed by atoms with E-state index in [1.165, 1.54) is 6.20 Å². The van der Waals surface area contributed by atoms with Crippen molar-refractivity contribution in [2.75, 3.05) is 11.1 Å². The van der Waals surface area contributed by atoms with Gasteiger partial charge in [-0.3, -0.25) is 4.79 Å². The zero-order valence-corrected chi connectivity index (χ0v) is 10.7. The number of benzene rings is 2. The van der Waals surface area contributed by atoms with E-state index in [0.717, 1.165) is 16.5 Å². The number of hydrogen-bond acceptors (Lipinski definition) is 3. The largest absolute Gasteiger partial charge is 0.397 e. The molecule has 3 rings (SSSR count). The van der Waals surface area contributed by atoms with E-state index in [-0.39, 0.29) is 5.91 Å². The average molecular weight is 263 g/mol. The zero-order chi connectivity index (χ0) is 13.9. The average Bonchev–Trinajstić information content (AvgIpc) is 2.48. The molecule has 4 heteroatoms. The van der Waals surface area contributed by atoms with Gasteiger partial charge >= 0.3 is 0 Å². The minimum absolute atomic E-state index is 0.249. The Morgan fingerprint density at radius 1 is 1.00 bits per heavy atom. The lowest BCUT2D eigenvalue weighted by molar-refractivity contribution is 0.102. The highest BCUT2D eigenvalue weighted by Crippen LogP contribution is 2.23. The van der Waals surface area contributed by atoms with Gasteiger partial charge in [-0.05, 0) is 23.6 Å². The third kappa shape index (κ3) is 2.31. The fourth-order valence-corrected chi connectivity index (χ4v) is 2.06. The molecule has 0 bridgehead atoms. The van der Waals surface area contributed by atoms with Gasteiger partial charge < -0.3 is 11.1 Å². The number of hydrogen-bond donors (Lipinski definition) is 2. The lowest BCUT2D eigenvalue weighted by atomic mass is 10.1. The van der Waals surface area contributed by atoms with Crippen LogP contribution in [0.4, 0.5) is 11.4 Å². The molecule has 3 aromatic rings. The van der Waals surface area contributed by atoms with E-state index in [4.69, 9.17) is 5.73 Å². The van der Waals surface area contributed by atoms with Crippen LogP contribution >= 0.6 is 0 Å². The molecule has 0 unspecified atom stereocenters. The molecule has 1 heterocycles. The van der Waals surface area contributed by atoms with E-state index in [2.05, 4.69) is 10.3 Å². The summed E-state index contributed by atoms with van der Waals surface area (Å²) in [6.07, 6.45) is 1.47. The maximum Gasteiger partial charge on any atom is 0.274 e. The summed E-state index contributed by atoms with van der Waals surface area (Å²) in [7, 11) is 0. The van der Waals surface area contributed by atoms with Crippen LogP contribution in [0.5, 0.6) is 0 Å². The van der Waals surface area contributed by atoms with Gasteiger partial charge in [0.25, 0.3) is 5.91 Å². The quantitative estimate of drug-likeness (QED) is 0.746. The first-order chi connectivity index (χ1) is 9.74. The number of aromatic nitrogens is 1. The number of nitrogens with two attached hydrogens (primary N) is 1. The molecule has 0 saturated carbocycles. The Morgan fingerprint density at radius 3 is 2.60 bits per heavy atom. The van der Waals surface area contributed by atoms with Crippen molar-refractivity contribution in [2.45, 2.75) is 0 Å². The Hall–Kier alpha value is -2.88. The summed E-state index contributed by atoms with van der Waals surface area (Å²) in [6.45, 7) is 0. The fraction of sp³-hybridized carbons (Fsp3) is 0. The van der Waals surface area contributed by atoms with Gasteiger partial charge in [-0.1, -0.05) is 36.4 Å². The van der Waals surface area contributed by atoms with Crippen molar-refractivity contribution in [2.24, 2.45) is 0 Å². The molecule has 0 aliphatic carbocycles. The smallest absolute Gasteiger partial charge is 0.274 e. The number of carbonyl (C=O) groups is 1. The normalized spacial score (nSPS) is 10.4. The summed E-state index contributed by atoms with van der Waals surface area (Å²) in [6, 6.07) is 16.9. The Morgan fingerprint density at radius 2 is 1.80 bits per heavy atom. The van der Waals surface area contributed by atoms with Crippen LogP contribution in [0, 0.1) is 0 Å². The van der Waals surface area contributed by atoms with Crippen LogP contribution in [0.25, 0.3) is 10.8 Å². The van der Waals surface area contributed by atoms with E-state index in [0.29, 0.717) is 11.4 Å². The predicted molar refractivity (Wildman–Crippen MR) is 80.6 cm³/mol. The van der Waals surface area contributed by atoms with Crippen molar-refractivity contribution < 1.29 is 4.79 Å². The Kier molecular flexibility index (Phi) is 3.05. The van der Waals surface area contributed by atoms with Crippen LogP contribution in [-0.4, -0.2) is 10.9 Å². The van der Waals surface area contributed by atoms with Crippen molar-refractivity contribution in [3.05, 3.63) is 66.5 Å². The van der Waals surface area contributed by atoms with Crippen molar-refractivity contribution >= 4 is 28.1 Å². The Bertz CT molecular complexity index is 761. The number of pyridine rings is 1. The van der Waals surface area contributed by atoms with Gasteiger partial charge in [-0.25, -0.2) is 4.98 Å². The van der Waals surface area contributed by atoms with Gasteiger partial charge in [0.15, 0.2) is 0 Å². The number of fused-ring (bicyclic) bond motifs is 1. The molecule has 1 amide bonds. The van der Waals surface area contributed by atoms with Crippen LogP contribution in [0.2, 0.25) is 0 Å². The van der Waals surface area contributed by atoms with Gasteiger partial charge in [0.2, 0.25) is 0 Å². The molecule has 3 N–H and O–H groups in total. The number of anilines is 2. The fourth-order valence-electron chi connectivity index (χ4n) is 2.06. The number of nitrogens with zero attached hydrogens (tertiary/aromatic N) is 1. The van der Waals surface area contributed by atoms with Crippen LogP contribution in [-0.2, 0) is 0 Å². The minimum atomic E-state index is -0.249. The van der Waals surface area contributed by atoms with Crippen molar-refractivity contribution in [3.8, 4) is 0 Å². The molecular weight excluding hydrogens is 250 g/mol. The second-order valence-corrected chi connectivity index (χ2v) is 4.46. The lowest BCUT2D eigenvalue weighted by Gasteiger charge is -2.08. The molecule has 0 saturated heterocycles. The van der Waals surface area contributed by atoms with Crippen molar-refractivity contribution in [1.82, 2.24) is 4.98 Å². The zero-order valence-electron chi connectivity index (χ0n) is 10.7. The molecule has 20 heavy (non-hydrogen) atoms. The highest BCUT2D eigenvalue weighted by molar-refractivity contribution is 6.08. The molecule has 0 fully saturated rings. The highest BCUT2D eigenvalue weighted by atomic mass is 16.1. The monoisotopic (exact) mass is 263 g/mol. The predicted octanol–water partition coefficient (Wildman–Crippen LogP) is 3.07. The molecule has 0 atom stereocenters. The molecule has 2 aromatic carbocycles. The summed E-state index contributed by atoms with van der Waals surface area (Å²) in [5.41, 5.74) is 7.20. The number of rotatable bonds is 2. The first-order valence-corrected chi connectivity index (χ1v) is 6.25. The molecule has 0 aliphatic rings. The Balaban J connectivity index is 1.93. The van der Waals surface area contributed by atoms with Crippen molar-refractivity contribution in [1.29, 1.82) is 0 Å². The lowest BCUT2D eigenvalue weighted by Crippen LogP contribution is -2.13. The second-order valence-electron chi connectivity index (χ2n) is 4.46. The molecular formula is C16H13N3O. The summed E-state index contributed by atoms with van der Waals surface area (Å²) in [4.78, 5) is 16.2. The van der Waals surface area contributed by atoms with Gasteiger partial charge in [0.05, 0.1) is 11.9 Å². The summed E-state index contributed by atoms with van der Waals surface area (Å²) in [5.74, 6) is -0.249. The number of nitrogens with one attached hydrogen (secondary N) is 1. The topological polar surface area (TPSA) is 68.0 Å². The van der Waals surface area contributed by atoms with Crippen LogP contribution in [0.3, 0.4) is 0 Å². The van der Waals surface area contributed by atoms with E-state index in [9.17, 15) is 4.79 Å². The summed E-state index contributed by atoms with van der Waals surface area (Å²) >= 11 is 0. The minimum Gasteiger partial charge on any atom is -0.397 e. The summed E-state index contributed by atoms with van der Waals surface area (Å²) in [5, 5.41) is 4.96. The number of amides is 1. The van der Waals surface area contributed by atoms with E-state index in [1.54, 1.807) is 12.1 Å². The van der Waals surface area contributed by atoms with E-state index < -0.39 is 0 Å². The number of nitrogen functional groups attached to an aromatic ring is 1. The molecule has 98 valence electrons. The van der Waals surface area contributed by atoms with Crippen LogP contribution < -0.4 is 11.1 Å². The SMILES string of the molecule is Nc1ccc(C(=O)Nc2cccc3ccccc23)nc1. The number of carbonyl (C=O) groups excluding carboxylic acids is 1. The maximum absolute atomic E-state index is 12.2. The molecule has 1 aromatic heterocycles. The standard InChI is InChI=1S/C16H13N3O/c17-12-8-9-15(18-10-12)16(20)19-14-7-3-5-11-4-1-2-6-13(11)14/h1-10H,17H2,(H,19,20). The van der Waals surface area contributed by atoms with Gasteiger partial charge in [-0.2, -0.15) is 0 Å². The third-order valence-corrected chi connectivity index (χ3v) is 3.06. The van der Waals surface area contributed by atoms with Gasteiger partial charge in [0.1, 0.15) is 5.69 Å². The molecule has 0 aliphatic heterocycles. The first-order valence-electron chi connectivity index (χ1n) is 6.25. The highest BCUT2D eigenvalue weighted by Gasteiger charge is 2.09.